The maximum atomic E-state index is 10.9. The number of carboxylic acids is 1. The van der Waals surface area contributed by atoms with Crippen molar-refractivity contribution in [2.45, 2.75) is 31.3 Å². The number of hydrogen-bond donors (Lipinski definition) is 2. The summed E-state index contributed by atoms with van der Waals surface area (Å²) in [6, 6.07) is 11.4. The van der Waals surface area contributed by atoms with Crippen molar-refractivity contribution in [3.8, 4) is 11.5 Å². The number of fused-ring (bicyclic) bond motifs is 2. The largest absolute Gasteiger partial charge is 0.481 e. The number of nitrogens with zero attached hydrogens (tertiary/aromatic N) is 2. The van der Waals surface area contributed by atoms with Crippen molar-refractivity contribution >= 4 is 35.0 Å². The fourth-order valence-electron chi connectivity index (χ4n) is 4.12. The standard InChI is InChI=1S/C22H19Cl2N3O4/c23-15-7-12(2-6-21(28)29)1-4-14(15)17-9-18(27-22(26-17)16(24)10-25-27)13-3-5-19-20(8-13)31-11-30-19/h1,3-5,7-8,10,17-18,26H,2,6,9,11H2,(H,28,29)/t17-,18+/m0/s1. The van der Waals surface area contributed by atoms with Crippen LogP contribution in [0.1, 0.15) is 41.6 Å². The number of nitrogens with one attached hydrogen (secondary N) is 1. The van der Waals surface area contributed by atoms with Crippen LogP contribution in [0.15, 0.2) is 42.6 Å². The molecule has 0 saturated heterocycles. The Morgan fingerprint density at radius 2 is 2.00 bits per heavy atom. The molecule has 2 aliphatic heterocycles. The third-order valence-electron chi connectivity index (χ3n) is 5.67. The van der Waals surface area contributed by atoms with Crippen LogP contribution < -0.4 is 14.8 Å². The molecule has 0 unspecified atom stereocenters. The Morgan fingerprint density at radius 3 is 2.81 bits per heavy atom. The van der Waals surface area contributed by atoms with Crippen LogP contribution in [0.5, 0.6) is 11.5 Å². The summed E-state index contributed by atoms with van der Waals surface area (Å²) in [5.41, 5.74) is 2.85. The monoisotopic (exact) mass is 459 g/mol. The van der Waals surface area contributed by atoms with E-state index in [9.17, 15) is 4.79 Å². The summed E-state index contributed by atoms with van der Waals surface area (Å²) in [6.45, 7) is 0.219. The SMILES string of the molecule is O=C(O)CCc1ccc([C@@H]2C[C@H](c3ccc4c(c3)OCO4)n3ncc(Cl)c3N2)c(Cl)c1. The van der Waals surface area contributed by atoms with Crippen LogP contribution in [-0.2, 0) is 11.2 Å². The van der Waals surface area contributed by atoms with Crippen molar-refractivity contribution < 1.29 is 19.4 Å². The molecule has 2 aliphatic rings. The Bertz CT molecular complexity index is 1160. The molecular weight excluding hydrogens is 441 g/mol. The highest BCUT2D eigenvalue weighted by Gasteiger charge is 2.32. The molecule has 0 fully saturated rings. The van der Waals surface area contributed by atoms with Crippen LogP contribution in [-0.4, -0.2) is 27.6 Å². The topological polar surface area (TPSA) is 85.6 Å². The number of aromatic nitrogens is 2. The van der Waals surface area contributed by atoms with E-state index in [0.29, 0.717) is 28.6 Å². The normalized spacial score (nSPS) is 19.0. The predicted molar refractivity (Wildman–Crippen MR) is 116 cm³/mol. The zero-order valence-electron chi connectivity index (χ0n) is 16.3. The van der Waals surface area contributed by atoms with Crippen LogP contribution in [0.3, 0.4) is 0 Å². The van der Waals surface area contributed by atoms with Crippen molar-refractivity contribution in [1.82, 2.24) is 9.78 Å². The molecule has 3 aromatic rings. The van der Waals surface area contributed by atoms with Gasteiger partial charge in [0.2, 0.25) is 6.79 Å². The van der Waals surface area contributed by atoms with Gasteiger partial charge in [-0.05, 0) is 47.7 Å². The number of halogens is 2. The summed E-state index contributed by atoms with van der Waals surface area (Å²) in [4.78, 5) is 10.9. The average molecular weight is 460 g/mol. The summed E-state index contributed by atoms with van der Waals surface area (Å²) >= 11 is 13.0. The number of hydrogen-bond acceptors (Lipinski definition) is 5. The van der Waals surface area contributed by atoms with Gasteiger partial charge in [0.05, 0.1) is 18.3 Å². The van der Waals surface area contributed by atoms with Gasteiger partial charge in [0.1, 0.15) is 10.8 Å². The van der Waals surface area contributed by atoms with Crippen molar-refractivity contribution in [2.24, 2.45) is 0 Å². The molecule has 2 atom stereocenters. The third-order valence-corrected chi connectivity index (χ3v) is 6.27. The first kappa shape index (κ1) is 20.0. The van der Waals surface area contributed by atoms with Crippen molar-refractivity contribution in [3.05, 3.63) is 69.3 Å². The zero-order valence-corrected chi connectivity index (χ0v) is 17.9. The molecule has 1 aromatic heterocycles. The van der Waals surface area contributed by atoms with E-state index in [2.05, 4.69) is 10.4 Å². The van der Waals surface area contributed by atoms with Gasteiger partial charge in [0.25, 0.3) is 0 Å². The van der Waals surface area contributed by atoms with Crippen LogP contribution in [0.4, 0.5) is 5.82 Å². The highest BCUT2D eigenvalue weighted by molar-refractivity contribution is 6.33. The molecular formula is C22H19Cl2N3O4. The fraction of sp³-hybridized carbons (Fsp3) is 0.273. The van der Waals surface area contributed by atoms with Gasteiger partial charge in [-0.15, -0.1) is 0 Å². The number of benzene rings is 2. The van der Waals surface area contributed by atoms with Gasteiger partial charge in [0.15, 0.2) is 11.5 Å². The van der Waals surface area contributed by atoms with E-state index in [1.54, 1.807) is 6.20 Å². The highest BCUT2D eigenvalue weighted by Crippen LogP contribution is 2.44. The smallest absolute Gasteiger partial charge is 0.303 e. The summed E-state index contributed by atoms with van der Waals surface area (Å²) in [7, 11) is 0. The van der Waals surface area contributed by atoms with Gasteiger partial charge in [-0.3, -0.25) is 4.79 Å². The van der Waals surface area contributed by atoms with Gasteiger partial charge in [-0.2, -0.15) is 5.10 Å². The minimum Gasteiger partial charge on any atom is -0.481 e. The summed E-state index contributed by atoms with van der Waals surface area (Å²) in [6.07, 6.45) is 2.83. The first-order chi connectivity index (χ1) is 15.0. The van der Waals surface area contributed by atoms with Crippen LogP contribution in [0.2, 0.25) is 10.0 Å². The molecule has 0 radical (unpaired) electrons. The Morgan fingerprint density at radius 1 is 1.16 bits per heavy atom. The minimum absolute atomic E-state index is 0.0678. The van der Waals surface area contributed by atoms with Crippen LogP contribution in [0.25, 0.3) is 0 Å². The van der Waals surface area contributed by atoms with E-state index >= 15 is 0 Å². The van der Waals surface area contributed by atoms with E-state index < -0.39 is 5.97 Å². The quantitative estimate of drug-likeness (QED) is 0.552. The first-order valence-corrected chi connectivity index (χ1v) is 10.6. The number of rotatable bonds is 5. The van der Waals surface area contributed by atoms with E-state index in [-0.39, 0.29) is 25.3 Å². The summed E-state index contributed by atoms with van der Waals surface area (Å²) in [5.74, 6) is 1.34. The summed E-state index contributed by atoms with van der Waals surface area (Å²) < 4.78 is 12.9. The maximum absolute atomic E-state index is 10.9. The lowest BCUT2D eigenvalue weighted by Gasteiger charge is -2.33. The van der Waals surface area contributed by atoms with Gasteiger partial charge in [-0.25, -0.2) is 4.68 Å². The van der Waals surface area contributed by atoms with E-state index in [4.69, 9.17) is 37.8 Å². The lowest BCUT2D eigenvalue weighted by molar-refractivity contribution is -0.136. The molecule has 3 heterocycles. The minimum atomic E-state index is -0.830. The molecule has 0 amide bonds. The molecule has 0 spiro atoms. The predicted octanol–water partition coefficient (Wildman–Crippen LogP) is 5.08. The van der Waals surface area contributed by atoms with Gasteiger partial charge < -0.3 is 19.9 Å². The van der Waals surface area contributed by atoms with Gasteiger partial charge in [-0.1, -0.05) is 41.4 Å². The second kappa shape index (κ2) is 7.98. The Hall–Kier alpha value is -2.90. The summed E-state index contributed by atoms with van der Waals surface area (Å²) in [5, 5.41) is 18.0. The Kier molecular flexibility index (Phi) is 5.16. The Labute approximate surface area is 188 Å². The molecule has 2 aromatic carbocycles. The number of aliphatic carboxylic acids is 1. The van der Waals surface area contributed by atoms with Crippen LogP contribution in [0, 0.1) is 0 Å². The first-order valence-electron chi connectivity index (χ1n) is 9.89. The Balaban J connectivity index is 1.48. The number of carboxylic acid groups (broad SMARTS) is 1. The lowest BCUT2D eigenvalue weighted by Crippen LogP contribution is -2.28. The number of carbonyl (C=O) groups is 1. The molecule has 7 nitrogen and oxygen atoms in total. The molecule has 5 rings (SSSR count). The molecule has 2 N–H and O–H groups in total. The van der Waals surface area contributed by atoms with Gasteiger partial charge >= 0.3 is 5.97 Å². The van der Waals surface area contributed by atoms with E-state index in [0.717, 1.165) is 28.3 Å². The highest BCUT2D eigenvalue weighted by atomic mass is 35.5. The zero-order chi connectivity index (χ0) is 21.5. The van der Waals surface area contributed by atoms with Crippen molar-refractivity contribution in [3.63, 3.8) is 0 Å². The number of anilines is 1. The van der Waals surface area contributed by atoms with Crippen LogP contribution >= 0.6 is 23.2 Å². The van der Waals surface area contributed by atoms with E-state index in [1.165, 1.54) is 0 Å². The molecule has 9 heteroatoms. The molecule has 0 aliphatic carbocycles. The maximum Gasteiger partial charge on any atom is 0.303 e. The van der Waals surface area contributed by atoms with Gasteiger partial charge in [0, 0.05) is 11.4 Å². The number of ether oxygens (including phenoxy) is 2. The second-order valence-electron chi connectivity index (χ2n) is 7.60. The van der Waals surface area contributed by atoms with Crippen molar-refractivity contribution in [2.75, 3.05) is 12.1 Å². The molecule has 31 heavy (non-hydrogen) atoms. The molecule has 0 bridgehead atoms. The van der Waals surface area contributed by atoms with E-state index in [1.807, 2.05) is 41.1 Å². The fourth-order valence-corrected chi connectivity index (χ4v) is 4.64. The third kappa shape index (κ3) is 3.79. The molecule has 0 saturated carbocycles. The molecule has 160 valence electrons. The number of aryl methyl sites for hydroxylation is 1. The lowest BCUT2D eigenvalue weighted by atomic mass is 9.92. The van der Waals surface area contributed by atoms with Crippen molar-refractivity contribution in [1.29, 1.82) is 0 Å². The second-order valence-corrected chi connectivity index (χ2v) is 8.41. The average Bonchev–Trinajstić information content (AvgIpc) is 3.38.